The molecule has 2 aromatic rings. The molecule has 0 bridgehead atoms. The fourth-order valence-corrected chi connectivity index (χ4v) is 4.63. The molecule has 1 aromatic carbocycles. The Hall–Kier alpha value is -1.04. The molecule has 3 nitrogen and oxygen atoms in total. The third-order valence-electron chi connectivity index (χ3n) is 3.83. The van der Waals surface area contributed by atoms with Crippen LogP contribution < -0.4 is 0 Å². The zero-order valence-electron chi connectivity index (χ0n) is 12.4. The lowest BCUT2D eigenvalue weighted by Crippen LogP contribution is -2.33. The smallest absolute Gasteiger partial charge is 0.255 e. The van der Waals surface area contributed by atoms with E-state index < -0.39 is 0 Å². The van der Waals surface area contributed by atoms with Crippen molar-refractivity contribution in [1.82, 2.24) is 9.88 Å². The molecule has 1 aliphatic rings. The highest BCUT2D eigenvalue weighted by Crippen LogP contribution is 2.37. The molecule has 2 heterocycles. The second-order valence-corrected chi connectivity index (χ2v) is 7.99. The van der Waals surface area contributed by atoms with Crippen LogP contribution in [0.1, 0.15) is 27.6 Å². The van der Waals surface area contributed by atoms with Gasteiger partial charge in [0.2, 0.25) is 0 Å². The van der Waals surface area contributed by atoms with Gasteiger partial charge in [0.25, 0.3) is 5.91 Å². The molecule has 0 radical (unpaired) electrons. The fourth-order valence-electron chi connectivity index (χ4n) is 2.67. The van der Waals surface area contributed by atoms with Crippen LogP contribution in [0.2, 0.25) is 5.02 Å². The van der Waals surface area contributed by atoms with Crippen molar-refractivity contribution >= 4 is 45.2 Å². The van der Waals surface area contributed by atoms with E-state index in [9.17, 15) is 4.79 Å². The van der Waals surface area contributed by atoms with Crippen molar-refractivity contribution in [2.24, 2.45) is 0 Å². The molecule has 1 amide bonds. The lowest BCUT2D eigenvalue weighted by molar-refractivity contribution is 0.0766. The van der Waals surface area contributed by atoms with Gasteiger partial charge < -0.3 is 4.90 Å². The van der Waals surface area contributed by atoms with Gasteiger partial charge in [-0.15, -0.1) is 0 Å². The van der Waals surface area contributed by atoms with Crippen LogP contribution >= 0.6 is 39.3 Å². The first-order chi connectivity index (χ1) is 11.1. The minimum absolute atomic E-state index is 0.0409. The van der Waals surface area contributed by atoms with E-state index in [2.05, 4.69) is 27.0 Å². The van der Waals surface area contributed by atoms with Gasteiger partial charge in [0.05, 0.1) is 5.56 Å². The van der Waals surface area contributed by atoms with Gasteiger partial charge in [-0.1, -0.05) is 29.8 Å². The van der Waals surface area contributed by atoms with Gasteiger partial charge in [-0.2, -0.15) is 11.8 Å². The number of nitrogens with zero attached hydrogens (tertiary/aromatic N) is 2. The predicted molar refractivity (Wildman–Crippen MR) is 99.1 cm³/mol. The van der Waals surface area contributed by atoms with Crippen molar-refractivity contribution in [2.45, 2.75) is 11.7 Å². The van der Waals surface area contributed by atoms with Gasteiger partial charge in [0, 0.05) is 46.0 Å². The standard InChI is InChI=1S/C17H16BrClN2OS/c18-13-9-12(10-20-11-13)17(22)21-6-5-16(23-8-7-21)14-3-1-2-4-15(14)19/h1-4,9-11,16H,5-8H2. The largest absolute Gasteiger partial charge is 0.338 e. The lowest BCUT2D eigenvalue weighted by atomic mass is 10.1. The molecule has 1 aromatic heterocycles. The minimum Gasteiger partial charge on any atom is -0.338 e. The molecule has 0 aliphatic carbocycles. The summed E-state index contributed by atoms with van der Waals surface area (Å²) in [5.41, 5.74) is 1.79. The number of amides is 1. The number of rotatable bonds is 2. The molecule has 1 unspecified atom stereocenters. The van der Waals surface area contributed by atoms with Gasteiger partial charge in [-0.25, -0.2) is 0 Å². The molecule has 0 N–H and O–H groups in total. The molecule has 1 aliphatic heterocycles. The van der Waals surface area contributed by atoms with E-state index in [4.69, 9.17) is 11.6 Å². The number of carbonyl (C=O) groups is 1. The number of hydrogen-bond acceptors (Lipinski definition) is 3. The zero-order valence-corrected chi connectivity index (χ0v) is 15.6. The summed E-state index contributed by atoms with van der Waals surface area (Å²) in [7, 11) is 0. The quantitative estimate of drug-likeness (QED) is 0.710. The molecule has 120 valence electrons. The summed E-state index contributed by atoms with van der Waals surface area (Å²) in [4.78, 5) is 18.6. The topological polar surface area (TPSA) is 33.2 Å². The number of hydrogen-bond donors (Lipinski definition) is 0. The second-order valence-electron chi connectivity index (χ2n) is 5.35. The Kier molecular flexibility index (Phi) is 5.62. The summed E-state index contributed by atoms with van der Waals surface area (Å²) >= 11 is 11.5. The van der Waals surface area contributed by atoms with Crippen LogP contribution in [-0.4, -0.2) is 34.6 Å². The van der Waals surface area contributed by atoms with Crippen molar-refractivity contribution in [2.75, 3.05) is 18.8 Å². The lowest BCUT2D eigenvalue weighted by Gasteiger charge is -2.20. The highest BCUT2D eigenvalue weighted by Gasteiger charge is 2.24. The summed E-state index contributed by atoms with van der Waals surface area (Å²) in [5, 5.41) is 1.14. The average Bonchev–Trinajstić information content (AvgIpc) is 2.80. The highest BCUT2D eigenvalue weighted by atomic mass is 79.9. The molecule has 0 saturated carbocycles. The maximum absolute atomic E-state index is 12.6. The molecule has 1 atom stereocenters. The molecule has 1 fully saturated rings. The number of thioether (sulfide) groups is 1. The molecule has 23 heavy (non-hydrogen) atoms. The first-order valence-electron chi connectivity index (χ1n) is 7.41. The molecular formula is C17H16BrClN2OS. The maximum atomic E-state index is 12.6. The summed E-state index contributed by atoms with van der Waals surface area (Å²) in [6.45, 7) is 1.48. The number of benzene rings is 1. The summed E-state index contributed by atoms with van der Waals surface area (Å²) in [6, 6.07) is 9.79. The minimum atomic E-state index is 0.0409. The van der Waals surface area contributed by atoms with Crippen LogP contribution in [-0.2, 0) is 0 Å². The van der Waals surface area contributed by atoms with E-state index in [1.165, 1.54) is 0 Å². The normalized spacial score (nSPS) is 18.5. The van der Waals surface area contributed by atoms with Crippen molar-refractivity contribution < 1.29 is 4.79 Å². The van der Waals surface area contributed by atoms with Crippen LogP contribution in [0.4, 0.5) is 0 Å². The summed E-state index contributed by atoms with van der Waals surface area (Å²) < 4.78 is 0.821. The second kappa shape index (κ2) is 7.69. The van der Waals surface area contributed by atoms with Gasteiger partial charge in [0.1, 0.15) is 0 Å². The van der Waals surface area contributed by atoms with E-state index in [1.54, 1.807) is 12.4 Å². The number of aromatic nitrogens is 1. The van der Waals surface area contributed by atoms with Crippen LogP contribution in [0.15, 0.2) is 47.2 Å². The highest BCUT2D eigenvalue weighted by molar-refractivity contribution is 9.10. The van der Waals surface area contributed by atoms with E-state index >= 15 is 0 Å². The van der Waals surface area contributed by atoms with E-state index in [1.807, 2.05) is 40.9 Å². The number of halogens is 2. The van der Waals surface area contributed by atoms with Crippen LogP contribution in [0.3, 0.4) is 0 Å². The Labute approximate surface area is 153 Å². The van der Waals surface area contributed by atoms with Crippen molar-refractivity contribution in [3.63, 3.8) is 0 Å². The number of carbonyl (C=O) groups excluding carboxylic acids is 1. The Morgan fingerprint density at radius 3 is 2.91 bits per heavy atom. The van der Waals surface area contributed by atoms with Gasteiger partial charge in [-0.05, 0) is 40.0 Å². The molecule has 0 spiro atoms. The third kappa shape index (κ3) is 4.08. The maximum Gasteiger partial charge on any atom is 0.255 e. The van der Waals surface area contributed by atoms with Gasteiger partial charge in [0.15, 0.2) is 0 Å². The number of pyridine rings is 1. The SMILES string of the molecule is O=C(c1cncc(Br)c1)N1CCSC(c2ccccc2Cl)CC1. The van der Waals surface area contributed by atoms with Crippen LogP contribution in [0.25, 0.3) is 0 Å². The van der Waals surface area contributed by atoms with Crippen molar-refractivity contribution in [1.29, 1.82) is 0 Å². The van der Waals surface area contributed by atoms with Crippen LogP contribution in [0, 0.1) is 0 Å². The first-order valence-corrected chi connectivity index (χ1v) is 9.63. The molecule has 6 heteroatoms. The molecule has 1 saturated heterocycles. The zero-order chi connectivity index (χ0) is 16.2. The Morgan fingerprint density at radius 2 is 2.13 bits per heavy atom. The predicted octanol–water partition coefficient (Wildman–Crippen LogP) is 4.82. The van der Waals surface area contributed by atoms with E-state index in [0.717, 1.165) is 40.3 Å². The Morgan fingerprint density at radius 1 is 1.30 bits per heavy atom. The van der Waals surface area contributed by atoms with Crippen LogP contribution in [0.5, 0.6) is 0 Å². The van der Waals surface area contributed by atoms with Gasteiger partial charge in [-0.3, -0.25) is 9.78 Å². The van der Waals surface area contributed by atoms with E-state index in [-0.39, 0.29) is 5.91 Å². The molecular weight excluding hydrogens is 396 g/mol. The average molecular weight is 412 g/mol. The summed E-state index contributed by atoms with van der Waals surface area (Å²) in [5.74, 6) is 0.947. The Balaban J connectivity index is 1.71. The molecule has 3 rings (SSSR count). The monoisotopic (exact) mass is 410 g/mol. The third-order valence-corrected chi connectivity index (χ3v) is 5.92. The van der Waals surface area contributed by atoms with Gasteiger partial charge >= 0.3 is 0 Å². The van der Waals surface area contributed by atoms with Crippen molar-refractivity contribution in [3.05, 3.63) is 63.3 Å². The fraction of sp³-hybridized carbons (Fsp3) is 0.294. The first kappa shape index (κ1) is 16.8. The summed E-state index contributed by atoms with van der Waals surface area (Å²) in [6.07, 6.45) is 4.21. The van der Waals surface area contributed by atoms with E-state index in [0.29, 0.717) is 10.8 Å². The van der Waals surface area contributed by atoms with Crippen molar-refractivity contribution in [3.8, 4) is 0 Å². The Bertz CT molecular complexity index is 712.